The summed E-state index contributed by atoms with van der Waals surface area (Å²) in [6.07, 6.45) is 2.32. The molecule has 0 radical (unpaired) electrons. The number of nitro groups is 1. The van der Waals surface area contributed by atoms with Crippen LogP contribution in [0, 0.1) is 39.7 Å². The van der Waals surface area contributed by atoms with Crippen LogP contribution in [0.3, 0.4) is 0 Å². The molecule has 0 aliphatic carbocycles. The molecule has 10 atom stereocenters. The molecule has 3 aromatic rings. The highest BCUT2D eigenvalue weighted by atomic mass is 16.7. The molecule has 25 heteroatoms. The van der Waals surface area contributed by atoms with Gasteiger partial charge in [0.1, 0.15) is 29.6 Å². The van der Waals surface area contributed by atoms with Crippen molar-refractivity contribution >= 4 is 64.8 Å². The van der Waals surface area contributed by atoms with Crippen LogP contribution in [-0.4, -0.2) is 167 Å². The molecule has 0 bridgehead atoms. The van der Waals surface area contributed by atoms with Crippen LogP contribution in [0.4, 0.5) is 16.4 Å². The number of furan rings is 1. The van der Waals surface area contributed by atoms with Gasteiger partial charge in [-0.15, -0.1) is 0 Å². The lowest BCUT2D eigenvalue weighted by molar-refractivity contribution is -0.402. The molecule has 25 nitrogen and oxygen atoms in total. The van der Waals surface area contributed by atoms with E-state index in [2.05, 4.69) is 16.0 Å². The van der Waals surface area contributed by atoms with Crippen LogP contribution < -0.4 is 20.7 Å². The van der Waals surface area contributed by atoms with Crippen LogP contribution >= 0.6 is 0 Å². The summed E-state index contributed by atoms with van der Waals surface area (Å²) in [5.74, 6) is -5.85. The molecule has 1 saturated heterocycles. The third kappa shape index (κ3) is 20.0. The number of methoxy groups -OCH3 is 2. The number of unbranched alkanes of at least 4 members (excludes halogenated alkanes) is 2. The van der Waals surface area contributed by atoms with Gasteiger partial charge in [-0.1, -0.05) is 97.7 Å². The summed E-state index contributed by atoms with van der Waals surface area (Å²) in [5.41, 5.74) is 1.13. The van der Waals surface area contributed by atoms with Crippen LogP contribution in [-0.2, 0) is 65.8 Å². The van der Waals surface area contributed by atoms with Crippen molar-refractivity contribution in [1.29, 1.82) is 0 Å². The number of hydrogen-bond acceptors (Lipinski definition) is 17. The summed E-state index contributed by atoms with van der Waals surface area (Å²) in [4.78, 5) is 137. The third-order valence-electron chi connectivity index (χ3n) is 17.0. The number of imide groups is 1. The Morgan fingerprint density at radius 3 is 2.13 bits per heavy atom. The number of anilines is 1. The van der Waals surface area contributed by atoms with Crippen molar-refractivity contribution in [3.63, 3.8) is 0 Å². The fourth-order valence-electron chi connectivity index (χ4n) is 11.7. The average Bonchev–Trinajstić information content (AvgIpc) is 1.70. The minimum Gasteiger partial charge on any atom is -0.483 e. The summed E-state index contributed by atoms with van der Waals surface area (Å²) in [6, 6.07) is 13.4. The van der Waals surface area contributed by atoms with E-state index in [-0.39, 0.29) is 103 Å². The Balaban J connectivity index is 1.22. The molecular formula is C65H92N8O17. The molecule has 2 aromatic carbocycles. The zero-order valence-electron chi connectivity index (χ0n) is 54.0. The van der Waals surface area contributed by atoms with Gasteiger partial charge < -0.3 is 59.1 Å². The molecule has 0 unspecified atom stereocenters. The lowest BCUT2D eigenvalue weighted by atomic mass is 9.83. The van der Waals surface area contributed by atoms with Crippen LogP contribution in [0.15, 0.2) is 77.2 Å². The van der Waals surface area contributed by atoms with Crippen molar-refractivity contribution in [1.82, 2.24) is 30.2 Å². The highest BCUT2D eigenvalue weighted by Gasteiger charge is 2.44. The van der Waals surface area contributed by atoms with Gasteiger partial charge in [0.2, 0.25) is 29.5 Å². The Hall–Kier alpha value is -8.03. The summed E-state index contributed by atoms with van der Waals surface area (Å²) in [6.45, 7) is 14.3. The first-order valence-corrected chi connectivity index (χ1v) is 30.9. The monoisotopic (exact) mass is 1260 g/mol. The minimum absolute atomic E-state index is 0.0797. The van der Waals surface area contributed by atoms with E-state index in [1.165, 1.54) is 62.6 Å². The molecule has 8 amide bonds. The van der Waals surface area contributed by atoms with E-state index < -0.39 is 95.5 Å². The second kappa shape index (κ2) is 34.8. The standard InChI is InChI=1S/C65H92N8O17/c1-13-41(6)60(52(86-11)35-57(79)71-32-20-23-49(71)62(87-12)42(7)63(81)67-43(8)61(80)45-21-16-14-17-22-45)69(9)64(82)47(39(2)3)34-50(74)59(40(4)5)70(10)65(83)89-37-44-25-27-51(88-38-46-26-30-58(90-46)73(84)85)48(33-44)68-54(76)36-66-53(75)24-18-15-19-31-72-55(77)28-29-56(72)78/h14,16-17,21-22,25-30,33,39-43,47,49,52,59-62,80H,13,15,18-20,23-24,31-32,34-38H2,1-12H3,(H,66,75)(H,67,81)(H,68,76)/t41-,42+,43+,47-,49-,52+,59-,60-,61+,62+/m0/s1. The van der Waals surface area contributed by atoms with E-state index >= 15 is 0 Å². The predicted octanol–water partition coefficient (Wildman–Crippen LogP) is 7.29. The van der Waals surface area contributed by atoms with Gasteiger partial charge in [0, 0.05) is 72.3 Å². The molecular weight excluding hydrogens is 1160 g/mol. The van der Waals surface area contributed by atoms with Crippen molar-refractivity contribution in [2.75, 3.05) is 53.3 Å². The van der Waals surface area contributed by atoms with Gasteiger partial charge in [-0.25, -0.2) is 4.79 Å². The predicted molar refractivity (Wildman–Crippen MR) is 332 cm³/mol. The molecule has 0 spiro atoms. The van der Waals surface area contributed by atoms with Gasteiger partial charge in [-0.3, -0.25) is 53.4 Å². The molecule has 4 N–H and O–H groups in total. The number of Topliss-reactive ketones (excluding diaryl/α,β-unsaturated/α-hetero) is 1. The summed E-state index contributed by atoms with van der Waals surface area (Å²) >= 11 is 0. The number of nitrogens with zero attached hydrogens (tertiary/aromatic N) is 5. The molecule has 1 aromatic heterocycles. The first-order chi connectivity index (χ1) is 42.7. The number of likely N-dealkylation sites (tertiary alicyclic amines) is 1. The number of carbonyl (C=O) groups is 9. The van der Waals surface area contributed by atoms with Crippen molar-refractivity contribution in [2.24, 2.45) is 29.6 Å². The lowest BCUT2D eigenvalue weighted by Gasteiger charge is -2.41. The fourth-order valence-corrected chi connectivity index (χ4v) is 11.7. The van der Waals surface area contributed by atoms with E-state index in [9.17, 15) is 58.4 Å². The van der Waals surface area contributed by atoms with Gasteiger partial charge in [-0.05, 0) is 79.7 Å². The van der Waals surface area contributed by atoms with Crippen molar-refractivity contribution in [2.45, 2.75) is 169 Å². The first kappa shape index (κ1) is 72.7. The number of carbonyl (C=O) groups excluding carboxylic acids is 9. The summed E-state index contributed by atoms with van der Waals surface area (Å²) in [7, 11) is 6.11. The molecule has 90 heavy (non-hydrogen) atoms. The van der Waals surface area contributed by atoms with Crippen LogP contribution in [0.1, 0.15) is 136 Å². The Morgan fingerprint density at radius 1 is 0.833 bits per heavy atom. The maximum atomic E-state index is 14.9. The Bertz CT molecular complexity index is 2970. The molecule has 0 saturated carbocycles. The SMILES string of the molecule is CC[C@H](C)[C@@H]([C@@H](CC(=O)N1CCC[C@H]1[C@H](OC)[C@@H](C)C(=O)N[C@H](C)[C@@H](O)c1ccccc1)OC)N(C)C(=O)[C@@H](CC(=O)[C@H](C(C)C)N(C)C(=O)OCc1ccc(OCc2ccc([N+](=O)[O-])o2)c(NC(=O)CNC(=O)CCCCCN2C(=O)C=CC2=O)c1)C(C)C. The summed E-state index contributed by atoms with van der Waals surface area (Å²) in [5, 5.41) is 30.4. The number of likely N-dealkylation sites (N-methyl/N-ethyl adjacent to an activating group) is 2. The number of amides is 8. The van der Waals surface area contributed by atoms with E-state index in [1.54, 1.807) is 62.7 Å². The number of aliphatic hydroxyl groups is 1. The quantitative estimate of drug-likeness (QED) is 0.0192. The maximum Gasteiger partial charge on any atom is 0.433 e. The number of aliphatic hydroxyl groups excluding tert-OH is 1. The lowest BCUT2D eigenvalue weighted by Crippen LogP contribution is -2.55. The van der Waals surface area contributed by atoms with Gasteiger partial charge in [0.05, 0.1) is 73.1 Å². The largest absolute Gasteiger partial charge is 0.483 e. The van der Waals surface area contributed by atoms with Crippen molar-refractivity contribution in [3.05, 3.63) is 99.8 Å². The molecule has 3 heterocycles. The Kier molecular flexibility index (Phi) is 28.1. The zero-order chi connectivity index (χ0) is 66.5. The Labute approximate surface area is 527 Å². The smallest absolute Gasteiger partial charge is 0.433 e. The molecule has 2 aliphatic heterocycles. The van der Waals surface area contributed by atoms with E-state index in [1.807, 2.05) is 45.9 Å². The maximum absolute atomic E-state index is 14.9. The van der Waals surface area contributed by atoms with Crippen molar-refractivity contribution < 1.29 is 76.5 Å². The van der Waals surface area contributed by atoms with E-state index in [4.69, 9.17) is 23.4 Å². The number of ketones is 1. The topological polar surface area (TPSA) is 316 Å². The highest BCUT2D eigenvalue weighted by Crippen LogP contribution is 2.33. The second-order valence-electron chi connectivity index (χ2n) is 24.0. The van der Waals surface area contributed by atoms with Gasteiger partial charge in [-0.2, -0.15) is 0 Å². The Morgan fingerprint density at radius 2 is 1.52 bits per heavy atom. The van der Waals surface area contributed by atoms with E-state index in [0.717, 1.165) is 4.90 Å². The van der Waals surface area contributed by atoms with Gasteiger partial charge in [0.25, 0.3) is 11.8 Å². The molecule has 2 aliphatic rings. The molecule has 1 fully saturated rings. The number of rotatable bonds is 36. The second-order valence-corrected chi connectivity index (χ2v) is 24.0. The fraction of sp³-hybridized carbons (Fsp3) is 0.585. The summed E-state index contributed by atoms with van der Waals surface area (Å²) < 4.78 is 28.9. The first-order valence-electron chi connectivity index (χ1n) is 30.9. The normalized spacial score (nSPS) is 17.0. The molecule has 494 valence electrons. The molecule has 5 rings (SSSR count). The van der Waals surface area contributed by atoms with Crippen LogP contribution in [0.25, 0.3) is 0 Å². The number of hydrogen-bond donors (Lipinski definition) is 4. The zero-order valence-corrected chi connectivity index (χ0v) is 54.0. The van der Waals surface area contributed by atoms with Crippen molar-refractivity contribution in [3.8, 4) is 5.75 Å². The third-order valence-corrected chi connectivity index (χ3v) is 17.0. The van der Waals surface area contributed by atoms with Crippen LogP contribution in [0.5, 0.6) is 5.75 Å². The minimum atomic E-state index is -1.03. The van der Waals surface area contributed by atoms with Crippen LogP contribution in [0.2, 0.25) is 0 Å². The number of nitrogens with one attached hydrogen (secondary N) is 3. The highest BCUT2D eigenvalue weighted by molar-refractivity contribution is 6.12. The van der Waals surface area contributed by atoms with Gasteiger partial charge >= 0.3 is 12.0 Å². The van der Waals surface area contributed by atoms with Gasteiger partial charge in [0.15, 0.2) is 5.78 Å². The average molecular weight is 1260 g/mol. The number of benzene rings is 2. The van der Waals surface area contributed by atoms with E-state index in [0.29, 0.717) is 56.2 Å². The number of ether oxygens (including phenoxy) is 4.